The average Bonchev–Trinajstić information content (AvgIpc) is 2.58. The first-order chi connectivity index (χ1) is 8.18. The molecule has 1 N–H and O–H groups in total. The van der Waals surface area contributed by atoms with Gasteiger partial charge in [0.2, 0.25) is 10.0 Å². The molecule has 1 unspecified atom stereocenters. The zero-order valence-electron chi connectivity index (χ0n) is 10.2. The Labute approximate surface area is 109 Å². The lowest BCUT2D eigenvalue weighted by atomic mass is 10.1. The predicted octanol–water partition coefficient (Wildman–Crippen LogP) is 0.897. The lowest BCUT2D eigenvalue weighted by molar-refractivity contribution is 0.399. The summed E-state index contributed by atoms with van der Waals surface area (Å²) >= 11 is 1.86. The van der Waals surface area contributed by atoms with Gasteiger partial charge in [0.1, 0.15) is 0 Å². The molecule has 2 aliphatic rings. The summed E-state index contributed by atoms with van der Waals surface area (Å²) < 4.78 is 26.3. The number of hydrogen-bond acceptors (Lipinski definition) is 4. The summed E-state index contributed by atoms with van der Waals surface area (Å²) in [5, 5.41) is 3.32. The van der Waals surface area contributed by atoms with Gasteiger partial charge in [0.05, 0.1) is 5.75 Å². The van der Waals surface area contributed by atoms with E-state index >= 15 is 0 Å². The van der Waals surface area contributed by atoms with Gasteiger partial charge in [-0.25, -0.2) is 12.7 Å². The van der Waals surface area contributed by atoms with Crippen molar-refractivity contribution in [2.45, 2.75) is 31.7 Å². The molecule has 0 spiro atoms. The van der Waals surface area contributed by atoms with Crippen molar-refractivity contribution in [2.24, 2.45) is 0 Å². The molecule has 0 aliphatic carbocycles. The highest BCUT2D eigenvalue weighted by Crippen LogP contribution is 2.16. The summed E-state index contributed by atoms with van der Waals surface area (Å²) in [4.78, 5) is 0. The van der Waals surface area contributed by atoms with E-state index in [1.165, 1.54) is 6.42 Å². The smallest absolute Gasteiger partial charge is 0.215 e. The third-order valence-electron chi connectivity index (χ3n) is 3.40. The number of nitrogens with one attached hydrogen (secondary N) is 1. The van der Waals surface area contributed by atoms with Crippen LogP contribution in [0.1, 0.15) is 25.7 Å². The monoisotopic (exact) mass is 278 g/mol. The van der Waals surface area contributed by atoms with Crippen LogP contribution in [-0.2, 0) is 10.0 Å². The Balaban J connectivity index is 1.91. The number of thioether (sulfide) groups is 1. The van der Waals surface area contributed by atoms with Gasteiger partial charge >= 0.3 is 0 Å². The molecule has 0 aromatic heterocycles. The Hall–Kier alpha value is 0.220. The fraction of sp³-hybridized carbons (Fsp3) is 1.00. The molecule has 6 heteroatoms. The minimum absolute atomic E-state index is 0.171. The Morgan fingerprint density at radius 2 is 2.06 bits per heavy atom. The first-order valence-corrected chi connectivity index (χ1v) is 9.24. The topological polar surface area (TPSA) is 49.4 Å². The van der Waals surface area contributed by atoms with Crippen LogP contribution in [0, 0.1) is 0 Å². The summed E-state index contributed by atoms with van der Waals surface area (Å²) in [6.45, 7) is 2.37. The second-order valence-electron chi connectivity index (χ2n) is 4.79. The van der Waals surface area contributed by atoms with Crippen molar-refractivity contribution in [1.29, 1.82) is 0 Å². The summed E-state index contributed by atoms with van der Waals surface area (Å²) in [6.07, 6.45) is 4.32. The van der Waals surface area contributed by atoms with E-state index in [2.05, 4.69) is 5.32 Å². The molecule has 2 aliphatic heterocycles. The van der Waals surface area contributed by atoms with Crippen LogP contribution in [0.15, 0.2) is 0 Å². The molecule has 0 bridgehead atoms. The minimum Gasteiger partial charge on any atom is -0.313 e. The molecule has 2 rings (SSSR count). The van der Waals surface area contributed by atoms with Crippen LogP contribution in [0.25, 0.3) is 0 Å². The lowest BCUT2D eigenvalue weighted by Gasteiger charge is -2.27. The highest BCUT2D eigenvalue weighted by Gasteiger charge is 2.27. The maximum atomic E-state index is 12.3. The molecule has 0 radical (unpaired) electrons. The molecular weight excluding hydrogens is 256 g/mol. The van der Waals surface area contributed by atoms with Gasteiger partial charge in [-0.15, -0.1) is 0 Å². The van der Waals surface area contributed by atoms with Crippen molar-refractivity contribution in [2.75, 3.05) is 36.9 Å². The van der Waals surface area contributed by atoms with E-state index in [1.807, 2.05) is 11.8 Å². The maximum absolute atomic E-state index is 12.3. The number of piperidine rings is 1. The zero-order valence-corrected chi connectivity index (χ0v) is 11.9. The van der Waals surface area contributed by atoms with Gasteiger partial charge in [-0.3, -0.25) is 0 Å². The van der Waals surface area contributed by atoms with E-state index in [0.29, 0.717) is 13.1 Å². The van der Waals surface area contributed by atoms with E-state index in [0.717, 1.165) is 37.3 Å². The average molecular weight is 278 g/mol. The van der Waals surface area contributed by atoms with Crippen LogP contribution in [0.2, 0.25) is 0 Å². The van der Waals surface area contributed by atoms with Crippen LogP contribution in [0.4, 0.5) is 0 Å². The van der Waals surface area contributed by atoms with Crippen LogP contribution < -0.4 is 5.32 Å². The van der Waals surface area contributed by atoms with Crippen LogP contribution in [0.3, 0.4) is 0 Å². The first-order valence-electron chi connectivity index (χ1n) is 6.47. The SMILES string of the molecule is O=S(=O)(CC1CCCCN1)N1CCCSCC1. The quantitative estimate of drug-likeness (QED) is 0.833. The lowest BCUT2D eigenvalue weighted by Crippen LogP contribution is -2.44. The first kappa shape index (κ1) is 13.6. The fourth-order valence-electron chi connectivity index (χ4n) is 2.43. The highest BCUT2D eigenvalue weighted by molar-refractivity contribution is 7.99. The zero-order chi connectivity index (χ0) is 12.1. The Morgan fingerprint density at radius 3 is 2.82 bits per heavy atom. The van der Waals surface area contributed by atoms with Crippen molar-refractivity contribution in [3.8, 4) is 0 Å². The molecule has 0 aromatic rings. The molecule has 1 atom stereocenters. The number of sulfonamides is 1. The molecule has 0 aromatic carbocycles. The van der Waals surface area contributed by atoms with Gasteiger partial charge < -0.3 is 5.32 Å². The van der Waals surface area contributed by atoms with E-state index < -0.39 is 10.0 Å². The Kier molecular flexibility index (Phi) is 5.14. The molecule has 2 saturated heterocycles. The van der Waals surface area contributed by atoms with Crippen LogP contribution >= 0.6 is 11.8 Å². The van der Waals surface area contributed by atoms with Crippen molar-refractivity contribution < 1.29 is 8.42 Å². The van der Waals surface area contributed by atoms with E-state index in [9.17, 15) is 8.42 Å². The van der Waals surface area contributed by atoms with Gasteiger partial charge in [-0.1, -0.05) is 6.42 Å². The normalized spacial score (nSPS) is 28.8. The molecule has 0 amide bonds. The van der Waals surface area contributed by atoms with E-state index in [-0.39, 0.29) is 11.8 Å². The van der Waals surface area contributed by atoms with Gasteiger partial charge in [-0.05, 0) is 31.6 Å². The van der Waals surface area contributed by atoms with E-state index in [4.69, 9.17) is 0 Å². The largest absolute Gasteiger partial charge is 0.313 e. The number of nitrogens with zero attached hydrogens (tertiary/aromatic N) is 1. The summed E-state index contributed by atoms with van der Waals surface area (Å²) in [7, 11) is -3.05. The molecule has 2 fully saturated rings. The predicted molar refractivity (Wildman–Crippen MR) is 72.9 cm³/mol. The van der Waals surface area contributed by atoms with Gasteiger partial charge in [0.25, 0.3) is 0 Å². The standard InChI is InChI=1S/C11H22N2O2S2/c14-17(15,10-11-4-1-2-5-12-11)13-6-3-8-16-9-7-13/h11-12H,1-10H2. The Morgan fingerprint density at radius 1 is 1.18 bits per heavy atom. The van der Waals surface area contributed by atoms with Gasteiger partial charge in [0.15, 0.2) is 0 Å². The molecule has 17 heavy (non-hydrogen) atoms. The third kappa shape index (κ3) is 4.12. The molecule has 2 heterocycles. The van der Waals surface area contributed by atoms with Crippen molar-refractivity contribution in [1.82, 2.24) is 9.62 Å². The van der Waals surface area contributed by atoms with E-state index in [1.54, 1.807) is 4.31 Å². The number of rotatable bonds is 3. The summed E-state index contributed by atoms with van der Waals surface area (Å²) in [5.74, 6) is 2.32. The van der Waals surface area contributed by atoms with Crippen LogP contribution in [-0.4, -0.2) is 55.7 Å². The molecule has 4 nitrogen and oxygen atoms in total. The fourth-order valence-corrected chi connectivity index (χ4v) is 5.21. The van der Waals surface area contributed by atoms with Crippen molar-refractivity contribution in [3.63, 3.8) is 0 Å². The maximum Gasteiger partial charge on any atom is 0.215 e. The molecule has 0 saturated carbocycles. The van der Waals surface area contributed by atoms with Crippen molar-refractivity contribution in [3.05, 3.63) is 0 Å². The molecular formula is C11H22N2O2S2. The summed E-state index contributed by atoms with van der Waals surface area (Å²) in [5.41, 5.74) is 0. The summed E-state index contributed by atoms with van der Waals surface area (Å²) in [6, 6.07) is 0.171. The third-order valence-corrected chi connectivity index (χ3v) is 6.42. The van der Waals surface area contributed by atoms with Gasteiger partial charge in [-0.2, -0.15) is 11.8 Å². The molecule has 100 valence electrons. The second-order valence-corrected chi connectivity index (χ2v) is 8.03. The van der Waals surface area contributed by atoms with Gasteiger partial charge in [0, 0.05) is 24.9 Å². The van der Waals surface area contributed by atoms with Crippen molar-refractivity contribution >= 4 is 21.8 Å². The number of hydrogen-bond donors (Lipinski definition) is 1. The Bertz CT molecular complexity index is 318. The van der Waals surface area contributed by atoms with Crippen LogP contribution in [0.5, 0.6) is 0 Å². The highest BCUT2D eigenvalue weighted by atomic mass is 32.2. The minimum atomic E-state index is -3.05. The second kappa shape index (κ2) is 6.41.